The van der Waals surface area contributed by atoms with E-state index in [0.717, 1.165) is 18.4 Å². The lowest BCUT2D eigenvalue weighted by Crippen LogP contribution is -2.21. The highest BCUT2D eigenvalue weighted by molar-refractivity contribution is 6.30. The Morgan fingerprint density at radius 3 is 2.73 bits per heavy atom. The van der Waals surface area contributed by atoms with Crippen LogP contribution in [0, 0.1) is 5.92 Å². The zero-order valence-corrected chi connectivity index (χ0v) is 9.74. The average molecular weight is 228 g/mol. The first-order valence-electron chi connectivity index (χ1n) is 5.32. The Hall–Kier alpha value is -0.570. The lowest BCUT2D eigenvalue weighted by atomic mass is 9.92. The molecule has 0 radical (unpaired) electrons. The molecular weight excluding hydrogens is 210 g/mol. The Morgan fingerprint density at radius 2 is 2.20 bits per heavy atom. The van der Waals surface area contributed by atoms with Crippen LogP contribution >= 0.6 is 11.6 Å². The van der Waals surface area contributed by atoms with Crippen molar-refractivity contribution < 1.29 is 5.11 Å². The van der Waals surface area contributed by atoms with Crippen molar-refractivity contribution in [3.05, 3.63) is 34.9 Å². The molecule has 0 aliphatic heterocycles. The van der Waals surface area contributed by atoms with Crippen LogP contribution in [-0.4, -0.2) is 11.7 Å². The van der Waals surface area contributed by atoms with Gasteiger partial charge in [-0.05, 0) is 30.7 Å². The number of rotatable bonds is 5. The molecule has 1 rings (SSSR count). The summed E-state index contributed by atoms with van der Waals surface area (Å²) < 4.78 is 0. The van der Waals surface area contributed by atoms with Crippen molar-refractivity contribution in [3.8, 4) is 0 Å². The summed E-state index contributed by atoms with van der Waals surface area (Å²) >= 11 is 5.87. The molecule has 0 spiro atoms. The van der Waals surface area contributed by atoms with Gasteiger partial charge in [-0.15, -0.1) is 0 Å². The number of benzene rings is 1. The summed E-state index contributed by atoms with van der Waals surface area (Å²) in [5.74, 6) is 0.119. The van der Waals surface area contributed by atoms with E-state index in [1.54, 1.807) is 12.1 Å². The third-order valence-electron chi connectivity index (χ3n) is 2.60. The van der Waals surface area contributed by atoms with Crippen LogP contribution in [0.5, 0.6) is 0 Å². The molecule has 2 atom stereocenters. The lowest BCUT2D eigenvalue weighted by Gasteiger charge is -2.21. The Labute approximate surface area is 96.1 Å². The van der Waals surface area contributed by atoms with Gasteiger partial charge in [-0.25, -0.2) is 0 Å². The molecule has 0 fully saturated rings. The third-order valence-corrected chi connectivity index (χ3v) is 2.83. The molecule has 0 saturated carbocycles. The van der Waals surface area contributed by atoms with Gasteiger partial charge in [0.05, 0.1) is 6.10 Å². The van der Waals surface area contributed by atoms with Crippen LogP contribution in [0.25, 0.3) is 0 Å². The first kappa shape index (κ1) is 12.5. The summed E-state index contributed by atoms with van der Waals surface area (Å²) in [5.41, 5.74) is 6.50. The molecular formula is C12H18ClNO. The highest BCUT2D eigenvalue weighted by atomic mass is 35.5. The molecule has 0 heterocycles. The minimum Gasteiger partial charge on any atom is -0.388 e. The molecule has 3 heteroatoms. The van der Waals surface area contributed by atoms with Gasteiger partial charge in [0.2, 0.25) is 0 Å². The average Bonchev–Trinajstić information content (AvgIpc) is 2.25. The smallest absolute Gasteiger partial charge is 0.0830 e. The molecule has 0 aromatic heterocycles. The fourth-order valence-corrected chi connectivity index (χ4v) is 1.94. The molecule has 15 heavy (non-hydrogen) atoms. The maximum absolute atomic E-state index is 10.1. The molecule has 1 aromatic carbocycles. The van der Waals surface area contributed by atoms with E-state index in [-0.39, 0.29) is 5.92 Å². The summed E-state index contributed by atoms with van der Waals surface area (Å²) in [6, 6.07) is 7.33. The van der Waals surface area contributed by atoms with Crippen molar-refractivity contribution in [1.29, 1.82) is 0 Å². The van der Waals surface area contributed by atoms with Gasteiger partial charge >= 0.3 is 0 Å². The van der Waals surface area contributed by atoms with Gasteiger partial charge in [-0.1, -0.05) is 37.1 Å². The number of nitrogens with two attached hydrogens (primary N) is 1. The van der Waals surface area contributed by atoms with E-state index >= 15 is 0 Å². The number of halogens is 1. The summed E-state index contributed by atoms with van der Waals surface area (Å²) in [6.07, 6.45) is 1.46. The minimum absolute atomic E-state index is 0.119. The zero-order chi connectivity index (χ0) is 11.3. The maximum atomic E-state index is 10.1. The van der Waals surface area contributed by atoms with Crippen LogP contribution in [0.1, 0.15) is 31.4 Å². The predicted octanol–water partition coefficient (Wildman–Crippen LogP) is 2.75. The molecule has 0 amide bonds. The first-order chi connectivity index (χ1) is 7.19. The molecule has 2 nitrogen and oxygen atoms in total. The molecule has 0 bridgehead atoms. The van der Waals surface area contributed by atoms with Crippen LogP contribution in [0.2, 0.25) is 5.02 Å². The SMILES string of the molecule is CCCC(CN)C(O)c1cccc(Cl)c1. The maximum Gasteiger partial charge on any atom is 0.0830 e. The lowest BCUT2D eigenvalue weighted by molar-refractivity contribution is 0.107. The van der Waals surface area contributed by atoms with Crippen molar-refractivity contribution in [2.45, 2.75) is 25.9 Å². The van der Waals surface area contributed by atoms with Gasteiger partial charge in [0.25, 0.3) is 0 Å². The van der Waals surface area contributed by atoms with Crippen molar-refractivity contribution >= 4 is 11.6 Å². The Balaban J connectivity index is 2.77. The fourth-order valence-electron chi connectivity index (χ4n) is 1.74. The topological polar surface area (TPSA) is 46.2 Å². The molecule has 2 unspecified atom stereocenters. The van der Waals surface area contributed by atoms with E-state index in [0.29, 0.717) is 11.6 Å². The predicted molar refractivity (Wildman–Crippen MR) is 63.9 cm³/mol. The Bertz CT molecular complexity index is 303. The third kappa shape index (κ3) is 3.49. The summed E-state index contributed by atoms with van der Waals surface area (Å²) in [4.78, 5) is 0. The fraction of sp³-hybridized carbons (Fsp3) is 0.500. The second-order valence-electron chi connectivity index (χ2n) is 3.78. The second-order valence-corrected chi connectivity index (χ2v) is 4.22. The zero-order valence-electron chi connectivity index (χ0n) is 8.99. The standard InChI is InChI=1S/C12H18ClNO/c1-2-4-10(8-14)12(15)9-5-3-6-11(13)7-9/h3,5-7,10,12,15H,2,4,8,14H2,1H3. The van der Waals surface area contributed by atoms with Crippen LogP contribution < -0.4 is 5.73 Å². The van der Waals surface area contributed by atoms with Gasteiger partial charge in [-0.2, -0.15) is 0 Å². The van der Waals surface area contributed by atoms with Crippen LogP contribution in [0.15, 0.2) is 24.3 Å². The van der Waals surface area contributed by atoms with Gasteiger partial charge < -0.3 is 10.8 Å². The quantitative estimate of drug-likeness (QED) is 0.813. The molecule has 1 aromatic rings. The van der Waals surface area contributed by atoms with Crippen LogP contribution in [-0.2, 0) is 0 Å². The largest absolute Gasteiger partial charge is 0.388 e. The molecule has 0 saturated heterocycles. The van der Waals surface area contributed by atoms with Crippen LogP contribution in [0.3, 0.4) is 0 Å². The van der Waals surface area contributed by atoms with Crippen molar-refractivity contribution in [3.63, 3.8) is 0 Å². The van der Waals surface area contributed by atoms with Gasteiger partial charge in [-0.3, -0.25) is 0 Å². The van der Waals surface area contributed by atoms with E-state index in [1.807, 2.05) is 12.1 Å². The molecule has 0 aliphatic carbocycles. The highest BCUT2D eigenvalue weighted by Gasteiger charge is 2.18. The summed E-state index contributed by atoms with van der Waals surface area (Å²) in [7, 11) is 0. The Morgan fingerprint density at radius 1 is 1.47 bits per heavy atom. The van der Waals surface area contributed by atoms with Crippen molar-refractivity contribution in [1.82, 2.24) is 0 Å². The number of aliphatic hydroxyl groups is 1. The number of aliphatic hydroxyl groups excluding tert-OH is 1. The normalized spacial score (nSPS) is 14.9. The Kier molecular flexibility index (Phi) is 5.09. The van der Waals surface area contributed by atoms with Crippen LogP contribution in [0.4, 0.5) is 0 Å². The molecule has 84 valence electrons. The molecule has 3 N–H and O–H groups in total. The minimum atomic E-state index is -0.506. The van der Waals surface area contributed by atoms with E-state index in [1.165, 1.54) is 0 Å². The van der Waals surface area contributed by atoms with Crippen molar-refractivity contribution in [2.75, 3.05) is 6.54 Å². The highest BCUT2D eigenvalue weighted by Crippen LogP contribution is 2.26. The van der Waals surface area contributed by atoms with E-state index < -0.39 is 6.10 Å². The number of hydrogen-bond acceptors (Lipinski definition) is 2. The van der Waals surface area contributed by atoms with Crippen molar-refractivity contribution in [2.24, 2.45) is 11.7 Å². The summed E-state index contributed by atoms with van der Waals surface area (Å²) in [6.45, 7) is 2.59. The van der Waals surface area contributed by atoms with Gasteiger partial charge in [0.1, 0.15) is 0 Å². The monoisotopic (exact) mass is 227 g/mol. The first-order valence-corrected chi connectivity index (χ1v) is 5.70. The summed E-state index contributed by atoms with van der Waals surface area (Å²) in [5, 5.41) is 10.7. The van der Waals surface area contributed by atoms with E-state index in [2.05, 4.69) is 6.92 Å². The van der Waals surface area contributed by atoms with Gasteiger partial charge in [0, 0.05) is 10.9 Å². The van der Waals surface area contributed by atoms with Gasteiger partial charge in [0.15, 0.2) is 0 Å². The number of hydrogen-bond donors (Lipinski definition) is 2. The van der Waals surface area contributed by atoms with E-state index in [9.17, 15) is 5.11 Å². The second kappa shape index (κ2) is 6.11. The molecule has 0 aliphatic rings. The van der Waals surface area contributed by atoms with E-state index in [4.69, 9.17) is 17.3 Å².